The molecule has 55 heavy (non-hydrogen) atoms. The van der Waals surface area contributed by atoms with Crippen molar-refractivity contribution in [3.8, 4) is 0 Å². The van der Waals surface area contributed by atoms with Gasteiger partial charge in [-0.1, -0.05) is 32.1 Å². The zero-order valence-electron chi connectivity index (χ0n) is 30.7. The van der Waals surface area contributed by atoms with E-state index in [0.29, 0.717) is 26.7 Å². The largest absolute Gasteiger partial charge is 0.457 e. The van der Waals surface area contributed by atoms with E-state index >= 15 is 0 Å². The maximum Gasteiger partial charge on any atom is 0.427 e. The number of hydrogen-bond donors (Lipinski definition) is 3. The Labute approximate surface area is 315 Å². The number of allylic oxidation sites excluding steroid dienone is 1. The molecule has 0 radical (unpaired) electrons. The quantitative estimate of drug-likeness (QED) is 0.197. The number of sulfonamides is 1. The van der Waals surface area contributed by atoms with Gasteiger partial charge in [-0.3, -0.25) is 19.1 Å². The van der Waals surface area contributed by atoms with E-state index in [9.17, 15) is 54.3 Å². The minimum absolute atomic E-state index is 0.00324. The highest BCUT2D eigenvalue weighted by Crippen LogP contribution is 2.48. The van der Waals surface area contributed by atoms with Crippen LogP contribution in [0.25, 0.3) is 0 Å². The fourth-order valence-corrected chi connectivity index (χ4v) is 8.46. The van der Waals surface area contributed by atoms with Crippen molar-refractivity contribution >= 4 is 39.8 Å². The number of alkyl carbamates (subject to hydrolysis) is 1. The first kappa shape index (κ1) is 41.9. The van der Waals surface area contributed by atoms with Crippen molar-refractivity contribution < 1.29 is 63.8 Å². The molecule has 2 heterocycles. The first-order valence-electron chi connectivity index (χ1n) is 18.0. The molecular weight excluding hydrogens is 759 g/mol. The summed E-state index contributed by atoms with van der Waals surface area (Å²) < 4.78 is 105. The second-order valence-corrected chi connectivity index (χ2v) is 17.7. The van der Waals surface area contributed by atoms with Crippen LogP contribution in [0.4, 0.5) is 26.7 Å². The van der Waals surface area contributed by atoms with E-state index in [1.54, 1.807) is 19.1 Å². The van der Waals surface area contributed by atoms with E-state index in [2.05, 4.69) is 10.6 Å². The van der Waals surface area contributed by atoms with Gasteiger partial charge in [0.2, 0.25) is 27.4 Å². The lowest BCUT2D eigenvalue weighted by Gasteiger charge is -2.34. The van der Waals surface area contributed by atoms with Crippen molar-refractivity contribution in [1.82, 2.24) is 20.3 Å². The molecule has 0 bridgehead atoms. The standard InChI is InChI=1S/C36H45F5N4O9S/c1-20-8-5-6-10-23-17-35(23,31(49)44-55(51,52)34(19-37)12-13-34)43-28(46)26-16-25(53-30(48)22-9-7-11-24(38)15-22)18-45(26)29(47)27(21(2)14-20)42-32(50)54-33(3,4)36(39,40)41/h6-7,9-11,15,20-21,23,25-27H,5,8,12-14,16-19H2,1-4H3,(H,42,50)(H,43,46)(H,44,49)/b10-6-/t20-,21-,23-,25-,26+,27+,35-/m1/s1. The summed E-state index contributed by atoms with van der Waals surface area (Å²) in [6, 6.07) is 1.48. The van der Waals surface area contributed by atoms with Crippen molar-refractivity contribution in [1.29, 1.82) is 0 Å². The lowest BCUT2D eigenvalue weighted by molar-refractivity contribution is -0.244. The predicted octanol–water partition coefficient (Wildman–Crippen LogP) is 4.22. The molecule has 3 N–H and O–H groups in total. The molecule has 3 fully saturated rings. The third-order valence-corrected chi connectivity index (χ3v) is 13.0. The number of fused-ring (bicyclic) bond motifs is 2. The van der Waals surface area contributed by atoms with Crippen molar-refractivity contribution in [3.05, 3.63) is 47.8 Å². The molecule has 13 nitrogen and oxygen atoms in total. The molecule has 304 valence electrons. The summed E-state index contributed by atoms with van der Waals surface area (Å²) in [6.07, 6.45) is -3.47. The smallest absolute Gasteiger partial charge is 0.427 e. The average molecular weight is 805 g/mol. The maximum absolute atomic E-state index is 14.5. The first-order chi connectivity index (χ1) is 25.5. The number of carbonyl (C=O) groups excluding carboxylic acids is 5. The minimum Gasteiger partial charge on any atom is -0.457 e. The van der Waals surface area contributed by atoms with Crippen LogP contribution in [0.5, 0.6) is 0 Å². The number of ether oxygens (including phenoxy) is 2. The highest BCUT2D eigenvalue weighted by molar-refractivity contribution is 7.91. The van der Waals surface area contributed by atoms with Crippen molar-refractivity contribution in [2.45, 2.75) is 113 Å². The summed E-state index contributed by atoms with van der Waals surface area (Å²) >= 11 is 0. The summed E-state index contributed by atoms with van der Waals surface area (Å²) in [4.78, 5) is 69.4. The number of benzene rings is 1. The molecule has 2 aliphatic heterocycles. The van der Waals surface area contributed by atoms with Gasteiger partial charge < -0.3 is 25.0 Å². The van der Waals surface area contributed by atoms with E-state index in [1.165, 1.54) is 12.1 Å². The minimum atomic E-state index is -4.96. The number of nitrogens with zero attached hydrogens (tertiary/aromatic N) is 1. The fraction of sp³-hybridized carbons (Fsp3) is 0.639. The van der Waals surface area contributed by atoms with Gasteiger partial charge in [0.05, 0.1) is 12.1 Å². The lowest BCUT2D eigenvalue weighted by Crippen LogP contribution is -2.60. The summed E-state index contributed by atoms with van der Waals surface area (Å²) in [7, 11) is -4.50. The average Bonchev–Trinajstić information content (AvgIpc) is 3.99. The molecule has 4 aliphatic rings. The van der Waals surface area contributed by atoms with Crippen LogP contribution in [-0.2, 0) is 33.9 Å². The number of hydrogen-bond acceptors (Lipinski definition) is 9. The Bertz CT molecular complexity index is 1840. The van der Waals surface area contributed by atoms with Crippen LogP contribution >= 0.6 is 0 Å². The Morgan fingerprint density at radius 3 is 2.40 bits per heavy atom. The number of halogens is 5. The van der Waals surface area contributed by atoms with E-state index in [-0.39, 0.29) is 43.6 Å². The number of alkyl halides is 4. The second kappa shape index (κ2) is 15.3. The topological polar surface area (TPSA) is 177 Å². The maximum atomic E-state index is 14.5. The Balaban J connectivity index is 1.49. The molecule has 1 aromatic rings. The van der Waals surface area contributed by atoms with Crippen LogP contribution in [0.3, 0.4) is 0 Å². The molecule has 7 atom stereocenters. The number of rotatable bonds is 8. The van der Waals surface area contributed by atoms with Crippen LogP contribution in [0.1, 0.15) is 83.0 Å². The Morgan fingerprint density at radius 1 is 1.09 bits per heavy atom. The highest BCUT2D eigenvalue weighted by Gasteiger charge is 2.64. The van der Waals surface area contributed by atoms with Gasteiger partial charge in [0.1, 0.15) is 41.0 Å². The number of amides is 4. The molecule has 0 aromatic heterocycles. The third kappa shape index (κ3) is 8.91. The first-order valence-corrected chi connectivity index (χ1v) is 19.5. The van der Waals surface area contributed by atoms with Gasteiger partial charge in [0, 0.05) is 12.3 Å². The van der Waals surface area contributed by atoms with Gasteiger partial charge in [-0.2, -0.15) is 13.2 Å². The van der Waals surface area contributed by atoms with Crippen molar-refractivity contribution in [2.24, 2.45) is 17.8 Å². The van der Waals surface area contributed by atoms with E-state index in [4.69, 9.17) is 9.47 Å². The molecular formula is C36H45F5N4O9S. The molecule has 5 rings (SSSR count). The van der Waals surface area contributed by atoms with E-state index in [0.717, 1.165) is 17.0 Å². The molecule has 2 aliphatic carbocycles. The van der Waals surface area contributed by atoms with Crippen LogP contribution in [0.15, 0.2) is 36.4 Å². The lowest BCUT2D eigenvalue weighted by atomic mass is 9.88. The third-order valence-electron chi connectivity index (χ3n) is 10.9. The Morgan fingerprint density at radius 2 is 1.78 bits per heavy atom. The van der Waals surface area contributed by atoms with Crippen molar-refractivity contribution in [3.63, 3.8) is 0 Å². The van der Waals surface area contributed by atoms with Crippen LogP contribution in [0.2, 0.25) is 0 Å². The molecule has 19 heteroatoms. The normalized spacial score (nSPS) is 30.3. The summed E-state index contributed by atoms with van der Waals surface area (Å²) in [5.74, 6) is -6.30. The zero-order valence-corrected chi connectivity index (χ0v) is 31.5. The van der Waals surface area contributed by atoms with Gasteiger partial charge in [0.15, 0.2) is 0 Å². The number of carbonyl (C=O) groups is 5. The van der Waals surface area contributed by atoms with Crippen LogP contribution in [-0.4, -0.2) is 96.6 Å². The van der Waals surface area contributed by atoms with E-state index in [1.807, 2.05) is 11.6 Å². The van der Waals surface area contributed by atoms with Crippen molar-refractivity contribution in [2.75, 3.05) is 13.2 Å². The molecule has 1 aromatic carbocycles. The Hall–Kier alpha value is -4.29. The zero-order chi connectivity index (χ0) is 40.7. The predicted molar refractivity (Wildman–Crippen MR) is 185 cm³/mol. The summed E-state index contributed by atoms with van der Waals surface area (Å²) in [5.41, 5.74) is -4.95. The van der Waals surface area contributed by atoms with Gasteiger partial charge >= 0.3 is 18.2 Å². The molecule has 1 saturated heterocycles. The van der Waals surface area contributed by atoms with Gasteiger partial charge in [0.25, 0.3) is 5.91 Å². The number of esters is 1. The SMILES string of the molecule is C[C@@H]1CC/C=C\[C@@H]2C[C@@]2(C(=O)NS(=O)(=O)C2(CF)CC2)NC(=O)[C@@H]2C[C@@H](OC(=O)c3cccc(F)c3)CN2C(=O)[C@@H](NC(=O)OC(C)(C)C(F)(F)F)[C@H](C)C1. The molecule has 0 spiro atoms. The van der Waals surface area contributed by atoms with Crippen LogP contribution in [0, 0.1) is 23.6 Å². The molecule has 0 unspecified atom stereocenters. The van der Waals surface area contributed by atoms with E-state index < -0.39 is 111 Å². The Kier molecular flexibility index (Phi) is 11.7. The van der Waals surface area contributed by atoms with Crippen LogP contribution < -0.4 is 15.4 Å². The van der Waals surface area contributed by atoms with Gasteiger partial charge in [-0.25, -0.2) is 26.8 Å². The second-order valence-electron chi connectivity index (χ2n) is 15.6. The molecule has 2 saturated carbocycles. The van der Waals surface area contributed by atoms with Gasteiger partial charge in [-0.05, 0) is 82.4 Å². The molecule has 4 amide bonds. The number of nitrogens with one attached hydrogen (secondary N) is 3. The fourth-order valence-electron chi connectivity index (χ4n) is 7.03. The highest BCUT2D eigenvalue weighted by atomic mass is 32.2. The van der Waals surface area contributed by atoms with Gasteiger partial charge in [-0.15, -0.1) is 0 Å². The summed E-state index contributed by atoms with van der Waals surface area (Å²) in [5, 5.41) is 4.86. The summed E-state index contributed by atoms with van der Waals surface area (Å²) in [6.45, 7) is 3.03. The monoisotopic (exact) mass is 804 g/mol.